The van der Waals surface area contributed by atoms with E-state index in [1.54, 1.807) is 0 Å². The highest BCUT2D eigenvalue weighted by molar-refractivity contribution is 5.22. The van der Waals surface area contributed by atoms with Crippen molar-refractivity contribution in [2.75, 3.05) is 26.2 Å². The molecule has 0 radical (unpaired) electrons. The Labute approximate surface area is 97.9 Å². The number of hydrogen-bond donors (Lipinski definition) is 1. The molecule has 0 saturated carbocycles. The molecule has 0 unspecified atom stereocenters. The summed E-state index contributed by atoms with van der Waals surface area (Å²) < 4.78 is 0. The van der Waals surface area contributed by atoms with Gasteiger partial charge in [-0.3, -0.25) is 0 Å². The Morgan fingerprint density at radius 2 is 1.81 bits per heavy atom. The van der Waals surface area contributed by atoms with Crippen molar-refractivity contribution < 1.29 is 5.11 Å². The average Bonchev–Trinajstić information content (AvgIpc) is 2.28. The second-order valence-corrected chi connectivity index (χ2v) is 4.65. The highest BCUT2D eigenvalue weighted by atomic mass is 16.2. The van der Waals surface area contributed by atoms with Crippen molar-refractivity contribution in [3.63, 3.8) is 0 Å². The summed E-state index contributed by atoms with van der Waals surface area (Å²) in [6, 6.07) is 10.8. The molecule has 0 amide bonds. The van der Waals surface area contributed by atoms with Crippen molar-refractivity contribution in [1.29, 1.82) is 0 Å². The number of aliphatic hydroxyl groups excluding tert-OH is 1. The fourth-order valence-corrected chi connectivity index (χ4v) is 2.31. The minimum Gasteiger partial charge on any atom is -0.396 e. The number of benzene rings is 1. The summed E-state index contributed by atoms with van der Waals surface area (Å²) in [5, 5.41) is 8.68. The summed E-state index contributed by atoms with van der Waals surface area (Å²) in [5.74, 6) is 0.749. The van der Waals surface area contributed by atoms with Crippen LogP contribution in [0.2, 0.25) is 0 Å². The third kappa shape index (κ3) is 3.06. The van der Waals surface area contributed by atoms with Crippen LogP contribution in [0, 0.1) is 0 Å². The van der Waals surface area contributed by atoms with E-state index in [0.717, 1.165) is 18.8 Å². The monoisotopic (exact) mass is 219 g/mol. The molecule has 1 saturated heterocycles. The first-order valence-electron chi connectivity index (χ1n) is 6.28. The van der Waals surface area contributed by atoms with Gasteiger partial charge in [0.25, 0.3) is 0 Å². The SMILES string of the molecule is OCCCCCN1CC(c2ccccc2)C1. The van der Waals surface area contributed by atoms with E-state index in [9.17, 15) is 0 Å². The normalized spacial score (nSPS) is 17.3. The van der Waals surface area contributed by atoms with Crippen LogP contribution < -0.4 is 0 Å². The Morgan fingerprint density at radius 1 is 1.06 bits per heavy atom. The molecule has 1 aliphatic rings. The summed E-state index contributed by atoms with van der Waals surface area (Å²) >= 11 is 0. The Kier molecular flexibility index (Phi) is 4.37. The zero-order valence-electron chi connectivity index (χ0n) is 9.81. The predicted octanol–water partition coefficient (Wildman–Crippen LogP) is 2.25. The van der Waals surface area contributed by atoms with Gasteiger partial charge < -0.3 is 10.0 Å². The Balaban J connectivity index is 1.63. The second kappa shape index (κ2) is 6.02. The number of aliphatic hydroxyl groups is 1. The summed E-state index contributed by atoms with van der Waals surface area (Å²) in [4.78, 5) is 2.51. The highest BCUT2D eigenvalue weighted by Gasteiger charge is 2.26. The van der Waals surface area contributed by atoms with Gasteiger partial charge >= 0.3 is 0 Å². The van der Waals surface area contributed by atoms with E-state index in [1.807, 2.05) is 0 Å². The molecule has 1 heterocycles. The number of unbranched alkanes of at least 4 members (excludes halogenated alkanes) is 2. The van der Waals surface area contributed by atoms with Crippen LogP contribution in [0.1, 0.15) is 30.7 Å². The lowest BCUT2D eigenvalue weighted by Crippen LogP contribution is -2.45. The Hall–Kier alpha value is -0.860. The maximum absolute atomic E-state index is 8.68. The topological polar surface area (TPSA) is 23.5 Å². The third-order valence-corrected chi connectivity index (χ3v) is 3.36. The molecule has 0 aliphatic carbocycles. The first kappa shape index (κ1) is 11.6. The van der Waals surface area contributed by atoms with Crippen molar-refractivity contribution in [3.05, 3.63) is 35.9 Å². The molecular weight excluding hydrogens is 198 g/mol. The lowest BCUT2D eigenvalue weighted by molar-refractivity contribution is 0.144. The first-order chi connectivity index (χ1) is 7.90. The summed E-state index contributed by atoms with van der Waals surface area (Å²) in [6.07, 6.45) is 3.33. The van der Waals surface area contributed by atoms with Gasteiger partial charge in [0.2, 0.25) is 0 Å². The largest absolute Gasteiger partial charge is 0.396 e. The van der Waals surface area contributed by atoms with E-state index in [-0.39, 0.29) is 0 Å². The summed E-state index contributed by atoms with van der Waals surface area (Å²) in [5.41, 5.74) is 1.48. The molecule has 88 valence electrons. The van der Waals surface area contributed by atoms with Gasteiger partial charge in [-0.2, -0.15) is 0 Å². The van der Waals surface area contributed by atoms with E-state index in [2.05, 4.69) is 35.2 Å². The predicted molar refractivity (Wildman–Crippen MR) is 66.6 cm³/mol. The van der Waals surface area contributed by atoms with Gasteiger partial charge in [0, 0.05) is 25.6 Å². The van der Waals surface area contributed by atoms with Gasteiger partial charge in [-0.25, -0.2) is 0 Å². The number of likely N-dealkylation sites (tertiary alicyclic amines) is 1. The molecule has 1 N–H and O–H groups in total. The van der Waals surface area contributed by atoms with Crippen molar-refractivity contribution in [2.45, 2.75) is 25.2 Å². The zero-order chi connectivity index (χ0) is 11.2. The molecule has 2 nitrogen and oxygen atoms in total. The number of hydrogen-bond acceptors (Lipinski definition) is 2. The van der Waals surface area contributed by atoms with Gasteiger partial charge in [0.1, 0.15) is 0 Å². The summed E-state index contributed by atoms with van der Waals surface area (Å²) in [6.45, 7) is 3.96. The lowest BCUT2D eigenvalue weighted by Gasteiger charge is -2.39. The zero-order valence-corrected chi connectivity index (χ0v) is 9.81. The van der Waals surface area contributed by atoms with E-state index >= 15 is 0 Å². The van der Waals surface area contributed by atoms with Crippen LogP contribution in [0.5, 0.6) is 0 Å². The van der Waals surface area contributed by atoms with Crippen LogP contribution in [0.15, 0.2) is 30.3 Å². The van der Waals surface area contributed by atoms with Crippen molar-refractivity contribution >= 4 is 0 Å². The molecule has 0 spiro atoms. The van der Waals surface area contributed by atoms with Crippen LogP contribution >= 0.6 is 0 Å². The molecule has 16 heavy (non-hydrogen) atoms. The number of nitrogens with zero attached hydrogens (tertiary/aromatic N) is 1. The molecule has 1 aliphatic heterocycles. The fraction of sp³-hybridized carbons (Fsp3) is 0.571. The highest BCUT2D eigenvalue weighted by Crippen LogP contribution is 2.26. The molecule has 1 aromatic carbocycles. The lowest BCUT2D eigenvalue weighted by atomic mass is 9.91. The van der Waals surface area contributed by atoms with Gasteiger partial charge in [-0.05, 0) is 31.4 Å². The summed E-state index contributed by atoms with van der Waals surface area (Å²) in [7, 11) is 0. The molecule has 0 aromatic heterocycles. The van der Waals surface area contributed by atoms with Crippen LogP contribution in [0.4, 0.5) is 0 Å². The van der Waals surface area contributed by atoms with Crippen LogP contribution in [0.25, 0.3) is 0 Å². The second-order valence-electron chi connectivity index (χ2n) is 4.65. The third-order valence-electron chi connectivity index (χ3n) is 3.36. The smallest absolute Gasteiger partial charge is 0.0431 e. The Morgan fingerprint density at radius 3 is 2.50 bits per heavy atom. The molecule has 2 heteroatoms. The minimum absolute atomic E-state index is 0.340. The van der Waals surface area contributed by atoms with Gasteiger partial charge in [-0.1, -0.05) is 30.3 Å². The molecule has 0 bridgehead atoms. The van der Waals surface area contributed by atoms with Gasteiger partial charge in [0.15, 0.2) is 0 Å². The quantitative estimate of drug-likeness (QED) is 0.742. The van der Waals surface area contributed by atoms with Gasteiger partial charge in [0.05, 0.1) is 0 Å². The average molecular weight is 219 g/mol. The maximum Gasteiger partial charge on any atom is 0.0431 e. The van der Waals surface area contributed by atoms with Crippen molar-refractivity contribution in [3.8, 4) is 0 Å². The molecule has 1 fully saturated rings. The van der Waals surface area contributed by atoms with Crippen LogP contribution in [-0.4, -0.2) is 36.2 Å². The molecule has 0 atom stereocenters. The molecular formula is C14H21NO. The van der Waals surface area contributed by atoms with Crippen molar-refractivity contribution in [1.82, 2.24) is 4.90 Å². The fourth-order valence-electron chi connectivity index (χ4n) is 2.31. The van der Waals surface area contributed by atoms with E-state index < -0.39 is 0 Å². The minimum atomic E-state index is 0.340. The van der Waals surface area contributed by atoms with Crippen molar-refractivity contribution in [2.24, 2.45) is 0 Å². The van der Waals surface area contributed by atoms with Gasteiger partial charge in [-0.15, -0.1) is 0 Å². The first-order valence-corrected chi connectivity index (χ1v) is 6.28. The van der Waals surface area contributed by atoms with E-state index in [1.165, 1.54) is 31.6 Å². The van der Waals surface area contributed by atoms with E-state index in [4.69, 9.17) is 5.11 Å². The standard InChI is InChI=1S/C14H21NO/c16-10-6-2-5-9-15-11-14(12-15)13-7-3-1-4-8-13/h1,3-4,7-8,14,16H,2,5-6,9-12H2. The van der Waals surface area contributed by atoms with E-state index in [0.29, 0.717) is 6.61 Å². The maximum atomic E-state index is 8.68. The molecule has 2 rings (SSSR count). The Bertz CT molecular complexity index is 293. The number of rotatable bonds is 6. The molecule has 1 aromatic rings. The van der Waals surface area contributed by atoms with Crippen LogP contribution in [-0.2, 0) is 0 Å². The van der Waals surface area contributed by atoms with Crippen LogP contribution in [0.3, 0.4) is 0 Å².